The van der Waals surface area contributed by atoms with Crippen molar-refractivity contribution in [2.75, 3.05) is 7.11 Å². The third-order valence-corrected chi connectivity index (χ3v) is 3.77. The summed E-state index contributed by atoms with van der Waals surface area (Å²) < 4.78 is 40.9. The summed E-state index contributed by atoms with van der Waals surface area (Å²) in [4.78, 5) is 20.5. The molecule has 0 spiro atoms. The fraction of sp³-hybridized carbons (Fsp3) is 0.294. The number of nitrogens with zero attached hydrogens (tertiary/aromatic N) is 4. The van der Waals surface area contributed by atoms with Gasteiger partial charge in [-0.15, -0.1) is 0 Å². The number of aryl methyl sites for hydroxylation is 1. The summed E-state index contributed by atoms with van der Waals surface area (Å²) in [5, 5.41) is 4.05. The van der Waals surface area contributed by atoms with Crippen molar-refractivity contribution >= 4 is 11.7 Å². The van der Waals surface area contributed by atoms with Gasteiger partial charge in [-0.05, 0) is 24.1 Å². The van der Waals surface area contributed by atoms with Crippen LogP contribution in [0.2, 0.25) is 0 Å². The van der Waals surface area contributed by atoms with Crippen molar-refractivity contribution in [1.82, 2.24) is 19.6 Å². The zero-order valence-corrected chi connectivity index (χ0v) is 14.6. The number of hydrogen-bond acceptors (Lipinski definition) is 7. The Morgan fingerprint density at radius 3 is 2.78 bits per heavy atom. The Morgan fingerprint density at radius 2 is 2.07 bits per heavy atom. The molecule has 0 amide bonds. The standard InChI is InChI=1S/C17H16F2N4O4/c1-3-12-11(7-20-17-21-9-22-23(12)17)15(24)26-8-10-4-5-13(27-16(18)19)14(6-10)25-2/h4-7,9,16H,3,8H2,1-2H3. The number of alkyl halides is 2. The lowest BCUT2D eigenvalue weighted by atomic mass is 10.2. The molecule has 0 bridgehead atoms. The Labute approximate surface area is 152 Å². The maximum Gasteiger partial charge on any atom is 0.387 e. The van der Waals surface area contributed by atoms with Crippen LogP contribution >= 0.6 is 0 Å². The van der Waals surface area contributed by atoms with Gasteiger partial charge in [-0.1, -0.05) is 13.0 Å². The van der Waals surface area contributed by atoms with Gasteiger partial charge in [0.05, 0.1) is 18.4 Å². The molecule has 3 rings (SSSR count). The van der Waals surface area contributed by atoms with E-state index < -0.39 is 12.6 Å². The molecule has 8 nitrogen and oxygen atoms in total. The topological polar surface area (TPSA) is 87.8 Å². The molecule has 0 saturated heterocycles. The molecular weight excluding hydrogens is 362 g/mol. The molecule has 10 heteroatoms. The molecule has 0 aliphatic rings. The van der Waals surface area contributed by atoms with E-state index in [1.54, 1.807) is 0 Å². The van der Waals surface area contributed by atoms with Crippen LogP contribution in [0.1, 0.15) is 28.5 Å². The van der Waals surface area contributed by atoms with Gasteiger partial charge in [-0.3, -0.25) is 0 Å². The first-order valence-electron chi connectivity index (χ1n) is 8.00. The summed E-state index contributed by atoms with van der Waals surface area (Å²) >= 11 is 0. The van der Waals surface area contributed by atoms with E-state index in [-0.39, 0.29) is 23.7 Å². The third kappa shape index (κ3) is 3.94. The average molecular weight is 378 g/mol. The summed E-state index contributed by atoms with van der Waals surface area (Å²) in [5.74, 6) is -0.174. The fourth-order valence-electron chi connectivity index (χ4n) is 2.56. The first-order valence-corrected chi connectivity index (χ1v) is 8.00. The van der Waals surface area contributed by atoms with Crippen LogP contribution in [0.25, 0.3) is 5.78 Å². The number of halogens is 2. The minimum absolute atomic E-state index is 0.0807. The predicted molar refractivity (Wildman–Crippen MR) is 88.9 cm³/mol. The van der Waals surface area contributed by atoms with Crippen molar-refractivity contribution in [2.24, 2.45) is 0 Å². The number of carbonyl (C=O) groups is 1. The van der Waals surface area contributed by atoms with Crippen LogP contribution in [0.5, 0.6) is 11.5 Å². The highest BCUT2D eigenvalue weighted by molar-refractivity contribution is 5.90. The normalized spacial score (nSPS) is 11.0. The van der Waals surface area contributed by atoms with Crippen molar-refractivity contribution in [3.63, 3.8) is 0 Å². The zero-order chi connectivity index (χ0) is 19.4. The van der Waals surface area contributed by atoms with E-state index in [1.165, 1.54) is 42.3 Å². The van der Waals surface area contributed by atoms with E-state index in [2.05, 4.69) is 19.8 Å². The van der Waals surface area contributed by atoms with Gasteiger partial charge < -0.3 is 14.2 Å². The number of fused-ring (bicyclic) bond motifs is 1. The van der Waals surface area contributed by atoms with Gasteiger partial charge in [0, 0.05) is 6.20 Å². The van der Waals surface area contributed by atoms with E-state index in [1.807, 2.05) is 6.92 Å². The molecule has 2 aromatic heterocycles. The molecule has 0 radical (unpaired) electrons. The Bertz CT molecular complexity index is 961. The Balaban J connectivity index is 1.76. The van der Waals surface area contributed by atoms with E-state index >= 15 is 0 Å². The summed E-state index contributed by atoms with van der Waals surface area (Å²) in [6.45, 7) is -1.17. The molecule has 1 aromatic carbocycles. The molecule has 0 N–H and O–H groups in total. The first kappa shape index (κ1) is 18.5. The largest absolute Gasteiger partial charge is 0.493 e. The molecule has 0 atom stereocenters. The minimum Gasteiger partial charge on any atom is -0.493 e. The molecule has 2 heterocycles. The van der Waals surface area contributed by atoms with Crippen LogP contribution in [-0.2, 0) is 17.8 Å². The summed E-state index contributed by atoms with van der Waals surface area (Å²) in [6, 6.07) is 4.30. The van der Waals surface area contributed by atoms with Crippen molar-refractivity contribution in [2.45, 2.75) is 26.6 Å². The number of benzene rings is 1. The minimum atomic E-state index is -2.96. The second-order valence-electron chi connectivity index (χ2n) is 5.38. The van der Waals surface area contributed by atoms with Gasteiger partial charge in [0.25, 0.3) is 5.78 Å². The molecule has 27 heavy (non-hydrogen) atoms. The number of aromatic nitrogens is 4. The van der Waals surface area contributed by atoms with Gasteiger partial charge in [0.15, 0.2) is 11.5 Å². The summed E-state index contributed by atoms with van der Waals surface area (Å²) in [7, 11) is 1.33. The van der Waals surface area contributed by atoms with Crippen LogP contribution in [0, 0.1) is 0 Å². The SMILES string of the molecule is CCc1c(C(=O)OCc2ccc(OC(F)F)c(OC)c2)cnc2ncnn12. The first-order chi connectivity index (χ1) is 13.0. The lowest BCUT2D eigenvalue weighted by molar-refractivity contribution is -0.0512. The average Bonchev–Trinajstić information content (AvgIpc) is 3.14. The van der Waals surface area contributed by atoms with Crippen LogP contribution in [0.3, 0.4) is 0 Å². The number of methoxy groups -OCH3 is 1. The number of carbonyl (C=O) groups excluding carboxylic acids is 1. The summed E-state index contributed by atoms with van der Waals surface area (Å²) in [5.41, 5.74) is 1.45. The van der Waals surface area contributed by atoms with E-state index in [9.17, 15) is 13.6 Å². The van der Waals surface area contributed by atoms with Crippen molar-refractivity contribution in [3.05, 3.63) is 47.5 Å². The Kier molecular flexibility index (Phi) is 5.43. The van der Waals surface area contributed by atoms with E-state index in [0.717, 1.165) is 0 Å². The lowest BCUT2D eigenvalue weighted by Gasteiger charge is -2.12. The van der Waals surface area contributed by atoms with E-state index in [0.29, 0.717) is 23.5 Å². The Morgan fingerprint density at radius 1 is 1.26 bits per heavy atom. The highest BCUT2D eigenvalue weighted by atomic mass is 19.3. The van der Waals surface area contributed by atoms with Gasteiger partial charge in [-0.2, -0.15) is 18.9 Å². The van der Waals surface area contributed by atoms with Gasteiger partial charge in [0.1, 0.15) is 12.9 Å². The van der Waals surface area contributed by atoms with Crippen LogP contribution in [0.15, 0.2) is 30.7 Å². The molecule has 0 fully saturated rings. The highest BCUT2D eigenvalue weighted by Gasteiger charge is 2.18. The quantitative estimate of drug-likeness (QED) is 0.584. The fourth-order valence-corrected chi connectivity index (χ4v) is 2.56. The van der Waals surface area contributed by atoms with E-state index in [4.69, 9.17) is 9.47 Å². The van der Waals surface area contributed by atoms with Crippen molar-refractivity contribution in [1.29, 1.82) is 0 Å². The lowest BCUT2D eigenvalue weighted by Crippen LogP contribution is -2.13. The maximum absolute atomic E-state index is 12.5. The summed E-state index contributed by atoms with van der Waals surface area (Å²) in [6.07, 6.45) is 3.28. The van der Waals surface area contributed by atoms with Crippen LogP contribution in [0.4, 0.5) is 8.78 Å². The number of esters is 1. The second-order valence-corrected chi connectivity index (χ2v) is 5.38. The molecule has 0 saturated carbocycles. The number of hydrogen-bond donors (Lipinski definition) is 0. The molecule has 3 aromatic rings. The van der Waals surface area contributed by atoms with Crippen molar-refractivity contribution < 1.29 is 27.8 Å². The zero-order valence-electron chi connectivity index (χ0n) is 14.6. The molecule has 142 valence electrons. The highest BCUT2D eigenvalue weighted by Crippen LogP contribution is 2.29. The molecule has 0 aliphatic heterocycles. The molecule has 0 unspecified atom stereocenters. The van der Waals surface area contributed by atoms with Gasteiger partial charge >= 0.3 is 12.6 Å². The number of rotatable bonds is 7. The Hall–Kier alpha value is -3.30. The number of ether oxygens (including phenoxy) is 3. The van der Waals surface area contributed by atoms with Crippen molar-refractivity contribution in [3.8, 4) is 11.5 Å². The third-order valence-electron chi connectivity index (χ3n) is 3.77. The predicted octanol–water partition coefficient (Wildman–Crippen LogP) is 2.65. The maximum atomic E-state index is 12.5. The van der Waals surface area contributed by atoms with Gasteiger partial charge in [0.2, 0.25) is 0 Å². The van der Waals surface area contributed by atoms with Crippen LogP contribution < -0.4 is 9.47 Å². The molecule has 0 aliphatic carbocycles. The second kappa shape index (κ2) is 7.94. The smallest absolute Gasteiger partial charge is 0.387 e. The molecular formula is C17H16F2N4O4. The van der Waals surface area contributed by atoms with Gasteiger partial charge in [-0.25, -0.2) is 14.3 Å². The monoisotopic (exact) mass is 378 g/mol. The van der Waals surface area contributed by atoms with Crippen LogP contribution in [-0.4, -0.2) is 39.3 Å².